The zero-order chi connectivity index (χ0) is 25.3. The highest BCUT2D eigenvalue weighted by atomic mass is 16.1. The predicted octanol–water partition coefficient (Wildman–Crippen LogP) is 5.46. The van der Waals surface area contributed by atoms with Gasteiger partial charge in [0.15, 0.2) is 0 Å². The highest BCUT2D eigenvalue weighted by molar-refractivity contribution is 5.94. The summed E-state index contributed by atoms with van der Waals surface area (Å²) in [6.45, 7) is 3.32. The van der Waals surface area contributed by atoms with Gasteiger partial charge in [-0.1, -0.05) is 91.0 Å². The Hall–Kier alpha value is -4.38. The topological polar surface area (TPSA) is 91.0 Å². The fraction of sp³-hybridized carbons (Fsp3) is 0.161. The van der Waals surface area contributed by atoms with Crippen LogP contribution in [-0.2, 0) is 24.2 Å². The molecule has 0 aromatic heterocycles. The van der Waals surface area contributed by atoms with Crippen LogP contribution < -0.4 is 16.4 Å². The van der Waals surface area contributed by atoms with E-state index in [1.807, 2.05) is 36.4 Å². The van der Waals surface area contributed by atoms with Crippen LogP contribution in [0, 0.1) is 12.3 Å². The van der Waals surface area contributed by atoms with Crippen LogP contribution in [0.4, 0.5) is 5.69 Å². The van der Waals surface area contributed by atoms with Gasteiger partial charge in [-0.15, -0.1) is 0 Å². The third kappa shape index (κ3) is 6.39. The van der Waals surface area contributed by atoms with Crippen molar-refractivity contribution in [1.82, 2.24) is 5.32 Å². The quantitative estimate of drug-likeness (QED) is 0.181. The summed E-state index contributed by atoms with van der Waals surface area (Å²) in [6.07, 6.45) is 1.22. The number of hydrogen-bond donors (Lipinski definition) is 4. The molecule has 0 aliphatic heterocycles. The molecule has 0 saturated carbocycles. The fourth-order valence-electron chi connectivity index (χ4n) is 4.28. The zero-order valence-electron chi connectivity index (χ0n) is 20.6. The highest BCUT2D eigenvalue weighted by Crippen LogP contribution is 2.31. The summed E-state index contributed by atoms with van der Waals surface area (Å²) in [6, 6.07) is 32.2. The van der Waals surface area contributed by atoms with Crippen LogP contribution in [0.15, 0.2) is 97.1 Å². The molecule has 182 valence electrons. The Morgan fingerprint density at radius 3 is 2.17 bits per heavy atom. The lowest BCUT2D eigenvalue weighted by molar-refractivity contribution is -0.120. The zero-order valence-corrected chi connectivity index (χ0v) is 20.6. The monoisotopic (exact) mass is 476 g/mol. The lowest BCUT2D eigenvalue weighted by Crippen LogP contribution is -2.25. The first kappa shape index (κ1) is 24.7. The first-order chi connectivity index (χ1) is 17.5. The van der Waals surface area contributed by atoms with Gasteiger partial charge in [-0.3, -0.25) is 10.2 Å². The van der Waals surface area contributed by atoms with Gasteiger partial charge in [0.2, 0.25) is 5.91 Å². The minimum atomic E-state index is -0.0349. The van der Waals surface area contributed by atoms with Gasteiger partial charge in [0.1, 0.15) is 5.84 Å². The molecule has 0 atom stereocenters. The molecule has 1 amide bonds. The fourth-order valence-corrected chi connectivity index (χ4v) is 4.28. The molecular formula is C31H32N4O. The summed E-state index contributed by atoms with van der Waals surface area (Å²) < 4.78 is 0. The largest absolute Gasteiger partial charge is 0.384 e. The Labute approximate surface area is 212 Å². The van der Waals surface area contributed by atoms with E-state index < -0.39 is 0 Å². The molecule has 5 nitrogen and oxygen atoms in total. The van der Waals surface area contributed by atoms with Crippen molar-refractivity contribution in [2.45, 2.75) is 26.3 Å². The van der Waals surface area contributed by atoms with Gasteiger partial charge in [-0.05, 0) is 52.8 Å². The van der Waals surface area contributed by atoms with Crippen LogP contribution in [0.25, 0.3) is 11.1 Å². The van der Waals surface area contributed by atoms with Gasteiger partial charge in [-0.2, -0.15) is 0 Å². The SMILES string of the molecule is Cc1c(NCCc2ccccc2)ccc(-c2ccccc2)c1CC(=O)NCc1ccc(C(=N)N)cc1. The standard InChI is InChI=1S/C31H32N4O/c1-22-28(20-30(36)35-21-24-12-14-26(15-13-24)31(32)33)27(25-10-6-3-7-11-25)16-17-29(22)34-19-18-23-8-4-2-5-9-23/h2-17,34H,18-21H2,1H3,(H3,32,33)(H,35,36). The average molecular weight is 477 g/mol. The van der Waals surface area contributed by atoms with Crippen molar-refractivity contribution < 1.29 is 4.79 Å². The molecule has 4 aromatic rings. The Morgan fingerprint density at radius 2 is 1.50 bits per heavy atom. The summed E-state index contributed by atoms with van der Waals surface area (Å²) in [7, 11) is 0. The number of carbonyl (C=O) groups excluding carboxylic acids is 1. The van der Waals surface area contributed by atoms with Crippen LogP contribution in [-0.4, -0.2) is 18.3 Å². The third-order valence-electron chi connectivity index (χ3n) is 6.35. The van der Waals surface area contributed by atoms with Gasteiger partial charge in [0, 0.05) is 24.3 Å². The van der Waals surface area contributed by atoms with Gasteiger partial charge in [0.25, 0.3) is 0 Å². The number of hydrogen-bond acceptors (Lipinski definition) is 3. The molecule has 0 aliphatic carbocycles. The van der Waals surface area contributed by atoms with Gasteiger partial charge in [-0.25, -0.2) is 0 Å². The summed E-state index contributed by atoms with van der Waals surface area (Å²) in [4.78, 5) is 13.0. The molecule has 0 radical (unpaired) electrons. The molecule has 0 heterocycles. The average Bonchev–Trinajstić information content (AvgIpc) is 2.91. The maximum absolute atomic E-state index is 13.0. The Morgan fingerprint density at radius 1 is 0.833 bits per heavy atom. The van der Waals surface area contributed by atoms with Crippen molar-refractivity contribution in [1.29, 1.82) is 5.41 Å². The van der Waals surface area contributed by atoms with Crippen LogP contribution in [0.2, 0.25) is 0 Å². The lowest BCUT2D eigenvalue weighted by Gasteiger charge is -2.18. The van der Waals surface area contributed by atoms with Crippen molar-refractivity contribution in [3.63, 3.8) is 0 Å². The number of nitrogens with one attached hydrogen (secondary N) is 3. The maximum atomic E-state index is 13.0. The smallest absolute Gasteiger partial charge is 0.224 e. The predicted molar refractivity (Wildman–Crippen MR) is 148 cm³/mol. The lowest BCUT2D eigenvalue weighted by atomic mass is 9.92. The second-order valence-corrected chi connectivity index (χ2v) is 8.86. The van der Waals surface area contributed by atoms with Crippen molar-refractivity contribution in [2.75, 3.05) is 11.9 Å². The Kier molecular flexibility index (Phi) is 8.14. The van der Waals surface area contributed by atoms with E-state index in [0.29, 0.717) is 12.1 Å². The number of amides is 1. The first-order valence-corrected chi connectivity index (χ1v) is 12.2. The number of rotatable bonds is 10. The highest BCUT2D eigenvalue weighted by Gasteiger charge is 2.15. The van der Waals surface area contributed by atoms with Crippen LogP contribution in [0.5, 0.6) is 0 Å². The first-order valence-electron chi connectivity index (χ1n) is 12.2. The summed E-state index contributed by atoms with van der Waals surface area (Å²) in [5, 5.41) is 14.1. The Bertz CT molecular complexity index is 1320. The van der Waals surface area contributed by atoms with Crippen molar-refractivity contribution in [3.8, 4) is 11.1 Å². The van der Waals surface area contributed by atoms with Crippen LogP contribution in [0.3, 0.4) is 0 Å². The van der Waals surface area contributed by atoms with Crippen molar-refractivity contribution in [3.05, 3.63) is 125 Å². The number of amidine groups is 1. The minimum Gasteiger partial charge on any atom is -0.384 e. The second kappa shape index (κ2) is 11.8. The molecule has 4 rings (SSSR count). The molecule has 0 unspecified atom stereocenters. The van der Waals surface area contributed by atoms with Crippen LogP contribution in [0.1, 0.15) is 27.8 Å². The van der Waals surface area contributed by atoms with Gasteiger partial charge < -0.3 is 16.4 Å². The molecule has 36 heavy (non-hydrogen) atoms. The number of carbonyl (C=O) groups is 1. The third-order valence-corrected chi connectivity index (χ3v) is 6.35. The van der Waals surface area contributed by atoms with E-state index in [2.05, 4.69) is 66.1 Å². The van der Waals surface area contributed by atoms with Gasteiger partial charge in [0.05, 0.1) is 6.42 Å². The normalized spacial score (nSPS) is 10.6. The molecule has 0 fully saturated rings. The molecule has 5 heteroatoms. The molecule has 0 aliphatic rings. The molecular weight excluding hydrogens is 444 g/mol. The van der Waals surface area contributed by atoms with Crippen molar-refractivity contribution >= 4 is 17.4 Å². The van der Waals surface area contributed by atoms with E-state index in [-0.39, 0.29) is 18.2 Å². The Balaban J connectivity index is 1.49. The molecule has 4 aromatic carbocycles. The number of nitrogens with two attached hydrogens (primary N) is 1. The number of benzene rings is 4. The summed E-state index contributed by atoms with van der Waals surface area (Å²) in [5.41, 5.74) is 13.8. The number of anilines is 1. The van der Waals surface area contributed by atoms with Crippen molar-refractivity contribution in [2.24, 2.45) is 5.73 Å². The number of nitrogen functional groups attached to an aromatic ring is 1. The van der Waals surface area contributed by atoms with E-state index in [0.717, 1.165) is 46.5 Å². The summed E-state index contributed by atoms with van der Waals surface area (Å²) in [5.74, 6) is -0.000812. The van der Waals surface area contributed by atoms with E-state index >= 15 is 0 Å². The molecule has 5 N–H and O–H groups in total. The van der Waals surface area contributed by atoms with E-state index in [1.54, 1.807) is 12.1 Å². The molecule has 0 bridgehead atoms. The van der Waals surface area contributed by atoms with E-state index in [9.17, 15) is 4.79 Å². The van der Waals surface area contributed by atoms with Gasteiger partial charge >= 0.3 is 0 Å². The van der Waals surface area contributed by atoms with Crippen LogP contribution >= 0.6 is 0 Å². The van der Waals surface area contributed by atoms with E-state index in [1.165, 1.54) is 5.56 Å². The molecule has 0 saturated heterocycles. The molecule has 0 spiro atoms. The minimum absolute atomic E-state index is 0.0340. The summed E-state index contributed by atoms with van der Waals surface area (Å²) >= 11 is 0. The van der Waals surface area contributed by atoms with E-state index in [4.69, 9.17) is 11.1 Å². The maximum Gasteiger partial charge on any atom is 0.224 e. The second-order valence-electron chi connectivity index (χ2n) is 8.86.